The zero-order valence-corrected chi connectivity index (χ0v) is 28.7. The van der Waals surface area contributed by atoms with Crippen LogP contribution in [0.5, 0.6) is 5.75 Å². The molecule has 3 heterocycles. The molecule has 8 nitrogen and oxygen atoms in total. The van der Waals surface area contributed by atoms with Gasteiger partial charge in [-0.2, -0.15) is 0 Å². The number of quaternary nitrogens is 1. The van der Waals surface area contributed by atoms with Crippen molar-refractivity contribution in [2.45, 2.75) is 118 Å². The van der Waals surface area contributed by atoms with Gasteiger partial charge in [0.05, 0.1) is 45.5 Å². The molecule has 0 aliphatic carbocycles. The fraction of sp³-hybridized carbons (Fsp3) is 0.676. The Balaban J connectivity index is 0.00000506. The molecule has 0 amide bonds. The van der Waals surface area contributed by atoms with E-state index in [1.54, 1.807) is 10.7 Å². The first kappa shape index (κ1) is 35.3. The third kappa shape index (κ3) is 10.1. The summed E-state index contributed by atoms with van der Waals surface area (Å²) >= 11 is 0. The lowest BCUT2D eigenvalue weighted by Crippen LogP contribution is -3.00. The van der Waals surface area contributed by atoms with E-state index in [-0.39, 0.29) is 28.2 Å². The summed E-state index contributed by atoms with van der Waals surface area (Å²) < 4.78 is 20.6. The quantitative estimate of drug-likeness (QED) is 0.116. The Morgan fingerprint density at radius 1 is 0.953 bits per heavy atom. The summed E-state index contributed by atoms with van der Waals surface area (Å²) in [4.78, 5) is 12.3. The molecule has 0 unspecified atom stereocenters. The maximum absolute atomic E-state index is 12.3. The number of halogens is 1. The zero-order chi connectivity index (χ0) is 30.0. The minimum Gasteiger partial charge on any atom is -1.00 e. The Morgan fingerprint density at radius 2 is 1.63 bits per heavy atom. The molecular weight excluding hydrogens is 608 g/mol. The molecule has 0 radical (unpaired) electrons. The molecule has 0 atom stereocenters. The average Bonchev–Trinajstić information content (AvgIpc) is 3.41. The lowest BCUT2D eigenvalue weighted by Gasteiger charge is -2.35. The van der Waals surface area contributed by atoms with Gasteiger partial charge in [0.15, 0.2) is 0 Å². The third-order valence-corrected chi connectivity index (χ3v) is 9.25. The first-order chi connectivity index (χ1) is 20.3. The second kappa shape index (κ2) is 16.7. The molecule has 0 saturated carbocycles. The van der Waals surface area contributed by atoms with Crippen molar-refractivity contribution in [1.29, 1.82) is 0 Å². The number of nitrogens with zero attached hydrogens (tertiary/aromatic N) is 4. The molecule has 0 N–H and O–H groups in total. The van der Waals surface area contributed by atoms with Crippen LogP contribution < -0.4 is 27.3 Å². The van der Waals surface area contributed by atoms with Gasteiger partial charge in [-0.15, -0.1) is 5.10 Å². The summed E-state index contributed by atoms with van der Waals surface area (Å²) in [5.41, 5.74) is 2.74. The van der Waals surface area contributed by atoms with Crippen LogP contribution in [-0.2, 0) is 24.3 Å². The van der Waals surface area contributed by atoms with Crippen LogP contribution in [0.3, 0.4) is 0 Å². The van der Waals surface area contributed by atoms with Gasteiger partial charge < -0.3 is 35.4 Å². The molecular formula is C34H53BrN4O4. The Bertz CT molecular complexity index is 1320. The Hall–Kier alpha value is -2.23. The predicted molar refractivity (Wildman–Crippen MR) is 168 cm³/mol. The van der Waals surface area contributed by atoms with Gasteiger partial charge in [-0.3, -0.25) is 0 Å². The molecule has 0 spiro atoms. The van der Waals surface area contributed by atoms with Gasteiger partial charge in [0, 0.05) is 24.1 Å². The third-order valence-electron chi connectivity index (χ3n) is 9.25. The number of benzene rings is 1. The van der Waals surface area contributed by atoms with Crippen molar-refractivity contribution in [2.75, 3.05) is 32.8 Å². The number of hydrogen-bond acceptors (Lipinski definition) is 6. The molecule has 1 aliphatic heterocycles. The van der Waals surface area contributed by atoms with E-state index in [9.17, 15) is 4.79 Å². The summed E-state index contributed by atoms with van der Waals surface area (Å²) in [7, 11) is 0. The van der Waals surface area contributed by atoms with Gasteiger partial charge in [-0.05, 0) is 83.9 Å². The Morgan fingerprint density at radius 3 is 2.33 bits per heavy atom. The average molecular weight is 662 g/mol. The Kier molecular flexibility index (Phi) is 13.7. The molecule has 0 fully saturated rings. The van der Waals surface area contributed by atoms with Crippen LogP contribution >= 0.6 is 0 Å². The normalized spacial score (nSPS) is 14.3. The highest BCUT2D eigenvalue weighted by Gasteiger charge is 2.27. The van der Waals surface area contributed by atoms with Crippen molar-refractivity contribution in [3.63, 3.8) is 0 Å². The maximum Gasteiger partial charge on any atom is 0.336 e. The fourth-order valence-electron chi connectivity index (χ4n) is 6.20. The lowest BCUT2D eigenvalue weighted by atomic mass is 9.93. The van der Waals surface area contributed by atoms with Crippen molar-refractivity contribution in [3.8, 4) is 5.75 Å². The van der Waals surface area contributed by atoms with Gasteiger partial charge in [0.1, 0.15) is 22.6 Å². The van der Waals surface area contributed by atoms with E-state index in [0.29, 0.717) is 18.7 Å². The number of aromatic nitrogens is 3. The zero-order valence-electron chi connectivity index (χ0n) is 27.1. The number of hydrogen-bond donors (Lipinski definition) is 0. The minimum absolute atomic E-state index is 0. The van der Waals surface area contributed by atoms with Crippen LogP contribution in [0.25, 0.3) is 11.0 Å². The predicted octanol–water partition coefficient (Wildman–Crippen LogP) is 4.05. The first-order valence-corrected chi connectivity index (χ1v) is 16.4. The number of unbranched alkanes of at least 4 members (excludes halogenated alkanes) is 7. The highest BCUT2D eigenvalue weighted by Crippen LogP contribution is 2.36. The molecule has 3 aromatic rings. The molecule has 0 saturated heterocycles. The summed E-state index contributed by atoms with van der Waals surface area (Å²) in [5, 5.41) is 9.47. The van der Waals surface area contributed by atoms with Crippen LogP contribution in [-0.4, -0.2) is 57.9 Å². The van der Waals surface area contributed by atoms with Crippen LogP contribution in [0, 0.1) is 0 Å². The van der Waals surface area contributed by atoms with Crippen LogP contribution in [0.4, 0.5) is 0 Å². The van der Waals surface area contributed by atoms with Gasteiger partial charge in [0.2, 0.25) is 0 Å². The van der Waals surface area contributed by atoms with Gasteiger partial charge in [-0.25, -0.2) is 9.48 Å². The fourth-order valence-corrected chi connectivity index (χ4v) is 6.20. The summed E-state index contributed by atoms with van der Waals surface area (Å²) in [6.45, 7) is 17.9. The highest BCUT2D eigenvalue weighted by atomic mass is 79.9. The van der Waals surface area contributed by atoms with E-state index in [1.165, 1.54) is 75.6 Å². The number of aryl methyl sites for hydroxylation is 1. The SMILES string of the molecule is CC[N+](CC)(CC)CCCCCCCCCCOCc1cn(Cc2cc(=O)oc3cc4c(cc23)CCC(C)(C)O4)nn1.[Br-]. The van der Waals surface area contributed by atoms with Crippen molar-refractivity contribution >= 4 is 11.0 Å². The second-order valence-corrected chi connectivity index (χ2v) is 12.7. The van der Waals surface area contributed by atoms with Crippen molar-refractivity contribution in [2.24, 2.45) is 0 Å². The van der Waals surface area contributed by atoms with Crippen LogP contribution in [0.15, 0.2) is 33.6 Å². The van der Waals surface area contributed by atoms with E-state index in [2.05, 4.69) is 51.0 Å². The molecule has 240 valence electrons. The van der Waals surface area contributed by atoms with E-state index in [4.69, 9.17) is 13.9 Å². The highest BCUT2D eigenvalue weighted by molar-refractivity contribution is 5.83. The van der Waals surface area contributed by atoms with Gasteiger partial charge in [-0.1, -0.05) is 37.3 Å². The molecule has 9 heteroatoms. The smallest absolute Gasteiger partial charge is 0.336 e. The topological polar surface area (TPSA) is 79.4 Å². The Labute approximate surface area is 268 Å². The van der Waals surface area contributed by atoms with E-state index in [0.717, 1.165) is 53.8 Å². The molecule has 2 aromatic heterocycles. The summed E-state index contributed by atoms with van der Waals surface area (Å²) in [6, 6.07) is 5.50. The summed E-state index contributed by atoms with van der Waals surface area (Å²) in [5.74, 6) is 0.798. The summed E-state index contributed by atoms with van der Waals surface area (Å²) in [6.07, 6.45) is 14.1. The standard InChI is InChI=1S/C34H53N4O4.BrH/c1-6-38(7-2,8-3)19-15-13-11-9-10-12-14-16-20-40-26-29-25-37(36-35-29)24-28-22-33(39)41-32-23-31-27(21-30(28)32)17-18-34(4,5)42-31;/h21-23,25H,6-20,24,26H2,1-5H3;1H/q+1;/p-1. The van der Waals surface area contributed by atoms with E-state index >= 15 is 0 Å². The van der Waals surface area contributed by atoms with Gasteiger partial charge >= 0.3 is 5.63 Å². The first-order valence-electron chi connectivity index (χ1n) is 16.4. The number of fused-ring (bicyclic) bond motifs is 2. The monoisotopic (exact) mass is 660 g/mol. The second-order valence-electron chi connectivity index (χ2n) is 12.7. The van der Waals surface area contributed by atoms with Crippen molar-refractivity contribution in [3.05, 3.63) is 51.6 Å². The number of ether oxygens (including phenoxy) is 2. The molecule has 0 bridgehead atoms. The largest absolute Gasteiger partial charge is 1.00 e. The lowest BCUT2D eigenvalue weighted by molar-refractivity contribution is -0.923. The van der Waals surface area contributed by atoms with E-state index in [1.807, 2.05) is 12.3 Å². The van der Waals surface area contributed by atoms with Crippen molar-refractivity contribution < 1.29 is 35.4 Å². The molecule has 1 aromatic carbocycles. The maximum atomic E-state index is 12.3. The number of rotatable bonds is 18. The van der Waals surface area contributed by atoms with Crippen LogP contribution in [0.1, 0.15) is 109 Å². The minimum atomic E-state index is -0.377. The van der Waals surface area contributed by atoms with Crippen molar-refractivity contribution in [1.82, 2.24) is 15.0 Å². The molecule has 1 aliphatic rings. The van der Waals surface area contributed by atoms with Crippen LogP contribution in [0.2, 0.25) is 0 Å². The molecule has 4 rings (SSSR count). The van der Waals surface area contributed by atoms with E-state index < -0.39 is 0 Å². The molecule has 43 heavy (non-hydrogen) atoms. The van der Waals surface area contributed by atoms with Gasteiger partial charge in [0.25, 0.3) is 0 Å².